The van der Waals surface area contributed by atoms with Gasteiger partial charge in [0.2, 0.25) is 0 Å². The first-order chi connectivity index (χ1) is 6.54. The average Bonchev–Trinajstić information content (AvgIpc) is 2.14. The molecular formula is C10H20N2O2. The molecule has 0 aromatic heterocycles. The predicted molar refractivity (Wildman–Crippen MR) is 55.1 cm³/mol. The zero-order valence-electron chi connectivity index (χ0n) is 9.41. The van der Waals surface area contributed by atoms with Crippen LogP contribution in [0.25, 0.3) is 0 Å². The maximum atomic E-state index is 11.8. The summed E-state index contributed by atoms with van der Waals surface area (Å²) in [6.45, 7) is 7.52. The van der Waals surface area contributed by atoms with E-state index in [1.807, 2.05) is 4.90 Å². The van der Waals surface area contributed by atoms with Crippen molar-refractivity contribution >= 4 is 5.91 Å². The molecule has 0 spiro atoms. The lowest BCUT2D eigenvalue weighted by Gasteiger charge is -2.37. The minimum atomic E-state index is -0.326. The molecule has 4 heteroatoms. The van der Waals surface area contributed by atoms with Crippen LogP contribution in [-0.2, 0) is 9.53 Å². The van der Waals surface area contributed by atoms with E-state index in [-0.39, 0.29) is 12.0 Å². The minimum absolute atomic E-state index is 0.0905. The number of hydrogen-bond donors (Lipinski definition) is 1. The quantitative estimate of drug-likeness (QED) is 0.694. The first kappa shape index (κ1) is 11.5. The molecule has 0 aromatic carbocycles. The van der Waals surface area contributed by atoms with Crippen molar-refractivity contribution in [2.75, 3.05) is 20.2 Å². The lowest BCUT2D eigenvalue weighted by atomic mass is 10.1. The fourth-order valence-corrected chi connectivity index (χ4v) is 1.86. The van der Waals surface area contributed by atoms with Gasteiger partial charge in [0.05, 0.1) is 0 Å². The van der Waals surface area contributed by atoms with Crippen molar-refractivity contribution < 1.29 is 9.53 Å². The van der Waals surface area contributed by atoms with Crippen molar-refractivity contribution in [2.24, 2.45) is 0 Å². The maximum absolute atomic E-state index is 11.8. The summed E-state index contributed by atoms with van der Waals surface area (Å²) in [6, 6.07) is 0.735. The second kappa shape index (κ2) is 4.75. The zero-order valence-corrected chi connectivity index (χ0v) is 9.41. The molecule has 82 valence electrons. The Balaban J connectivity index is 2.54. The average molecular weight is 200 g/mol. The number of rotatable bonds is 2. The van der Waals surface area contributed by atoms with E-state index in [1.165, 1.54) is 0 Å². The highest BCUT2D eigenvalue weighted by atomic mass is 16.5. The van der Waals surface area contributed by atoms with Crippen LogP contribution in [0, 0.1) is 0 Å². The second-order valence-corrected chi connectivity index (χ2v) is 4.09. The third kappa shape index (κ3) is 2.69. The molecule has 14 heavy (non-hydrogen) atoms. The molecule has 0 aromatic rings. The van der Waals surface area contributed by atoms with Crippen LogP contribution in [0.1, 0.15) is 20.8 Å². The third-order valence-corrected chi connectivity index (χ3v) is 2.57. The monoisotopic (exact) mass is 200 g/mol. The third-order valence-electron chi connectivity index (χ3n) is 2.57. The Morgan fingerprint density at radius 2 is 1.93 bits per heavy atom. The number of methoxy groups -OCH3 is 1. The molecule has 1 aliphatic rings. The van der Waals surface area contributed by atoms with E-state index >= 15 is 0 Å². The van der Waals surface area contributed by atoms with Crippen molar-refractivity contribution in [3.05, 3.63) is 0 Å². The van der Waals surface area contributed by atoms with Gasteiger partial charge in [-0.25, -0.2) is 0 Å². The number of piperazine rings is 1. The van der Waals surface area contributed by atoms with Crippen LogP contribution < -0.4 is 5.32 Å². The Morgan fingerprint density at radius 1 is 1.43 bits per heavy atom. The van der Waals surface area contributed by atoms with Crippen LogP contribution in [0.4, 0.5) is 0 Å². The fraction of sp³-hybridized carbons (Fsp3) is 0.900. The fourth-order valence-electron chi connectivity index (χ4n) is 1.86. The highest BCUT2D eigenvalue weighted by Gasteiger charge is 2.27. The minimum Gasteiger partial charge on any atom is -0.372 e. The van der Waals surface area contributed by atoms with Crippen molar-refractivity contribution in [1.82, 2.24) is 10.2 Å². The summed E-state index contributed by atoms with van der Waals surface area (Å²) in [4.78, 5) is 13.7. The molecule has 1 amide bonds. The summed E-state index contributed by atoms with van der Waals surface area (Å²) < 4.78 is 5.02. The standard InChI is InChI=1S/C10H20N2O2/c1-7-5-12(6-8(2)11-7)10(13)9(3)14-4/h7-9,11H,5-6H2,1-4H3. The Hall–Kier alpha value is -0.610. The molecule has 1 aliphatic heterocycles. The summed E-state index contributed by atoms with van der Waals surface area (Å²) in [7, 11) is 1.57. The summed E-state index contributed by atoms with van der Waals surface area (Å²) in [5, 5.41) is 3.39. The van der Waals surface area contributed by atoms with Crippen LogP contribution in [0.15, 0.2) is 0 Å². The van der Waals surface area contributed by atoms with Gasteiger partial charge in [-0.3, -0.25) is 4.79 Å². The van der Waals surface area contributed by atoms with E-state index in [9.17, 15) is 4.79 Å². The Morgan fingerprint density at radius 3 is 2.36 bits per heavy atom. The van der Waals surface area contributed by atoms with Crippen LogP contribution >= 0.6 is 0 Å². The Bertz CT molecular complexity index is 198. The zero-order chi connectivity index (χ0) is 10.7. The van der Waals surface area contributed by atoms with Crippen molar-refractivity contribution in [1.29, 1.82) is 0 Å². The maximum Gasteiger partial charge on any atom is 0.251 e. The molecule has 0 saturated carbocycles. The van der Waals surface area contributed by atoms with E-state index in [1.54, 1.807) is 14.0 Å². The number of nitrogens with zero attached hydrogens (tertiary/aromatic N) is 1. The highest BCUT2D eigenvalue weighted by molar-refractivity contribution is 5.80. The lowest BCUT2D eigenvalue weighted by molar-refractivity contribution is -0.142. The molecule has 1 rings (SSSR count). The van der Waals surface area contributed by atoms with Gasteiger partial charge in [0.25, 0.3) is 5.91 Å². The van der Waals surface area contributed by atoms with Gasteiger partial charge >= 0.3 is 0 Å². The summed E-state index contributed by atoms with van der Waals surface area (Å²) in [6.07, 6.45) is -0.326. The SMILES string of the molecule is COC(C)C(=O)N1CC(C)NC(C)C1. The van der Waals surface area contributed by atoms with Crippen LogP contribution in [0.2, 0.25) is 0 Å². The number of hydrogen-bond acceptors (Lipinski definition) is 3. The number of nitrogens with one attached hydrogen (secondary N) is 1. The number of carbonyl (C=O) groups excluding carboxylic acids is 1. The Labute approximate surface area is 85.6 Å². The first-order valence-corrected chi connectivity index (χ1v) is 5.12. The van der Waals surface area contributed by atoms with E-state index < -0.39 is 0 Å². The first-order valence-electron chi connectivity index (χ1n) is 5.12. The smallest absolute Gasteiger partial charge is 0.251 e. The van der Waals surface area contributed by atoms with Gasteiger partial charge < -0.3 is 15.0 Å². The molecule has 1 heterocycles. The van der Waals surface area contributed by atoms with Gasteiger partial charge in [0.1, 0.15) is 6.10 Å². The number of ether oxygens (including phenoxy) is 1. The molecule has 4 nitrogen and oxygen atoms in total. The van der Waals surface area contributed by atoms with Crippen molar-refractivity contribution in [2.45, 2.75) is 39.0 Å². The topological polar surface area (TPSA) is 41.6 Å². The summed E-state index contributed by atoms with van der Waals surface area (Å²) >= 11 is 0. The van der Waals surface area contributed by atoms with Gasteiger partial charge in [-0.1, -0.05) is 0 Å². The molecule has 0 radical (unpaired) electrons. The van der Waals surface area contributed by atoms with E-state index in [4.69, 9.17) is 4.74 Å². The van der Waals surface area contributed by atoms with Crippen LogP contribution in [0.3, 0.4) is 0 Å². The molecular weight excluding hydrogens is 180 g/mol. The Kier molecular flexibility index (Phi) is 3.89. The number of amides is 1. The molecule has 1 fully saturated rings. The second-order valence-electron chi connectivity index (χ2n) is 4.09. The highest BCUT2D eigenvalue weighted by Crippen LogP contribution is 2.07. The molecule has 3 unspecified atom stereocenters. The summed E-state index contributed by atoms with van der Waals surface area (Å²) in [5.74, 6) is 0.0905. The van der Waals surface area contributed by atoms with E-state index in [0.717, 1.165) is 13.1 Å². The van der Waals surface area contributed by atoms with Gasteiger partial charge in [-0.15, -0.1) is 0 Å². The number of carbonyl (C=O) groups is 1. The molecule has 0 bridgehead atoms. The van der Waals surface area contributed by atoms with Crippen molar-refractivity contribution in [3.63, 3.8) is 0 Å². The van der Waals surface area contributed by atoms with Gasteiger partial charge in [0, 0.05) is 32.3 Å². The van der Waals surface area contributed by atoms with Crippen molar-refractivity contribution in [3.8, 4) is 0 Å². The van der Waals surface area contributed by atoms with Gasteiger partial charge in [-0.05, 0) is 20.8 Å². The van der Waals surface area contributed by atoms with Gasteiger partial charge in [0.15, 0.2) is 0 Å². The summed E-state index contributed by atoms with van der Waals surface area (Å²) in [5.41, 5.74) is 0. The molecule has 1 saturated heterocycles. The van der Waals surface area contributed by atoms with Crippen LogP contribution in [0.5, 0.6) is 0 Å². The normalized spacial score (nSPS) is 30.1. The van der Waals surface area contributed by atoms with Crippen LogP contribution in [-0.4, -0.2) is 49.2 Å². The lowest BCUT2D eigenvalue weighted by Crippen LogP contribution is -2.57. The predicted octanol–water partition coefficient (Wildman–Crippen LogP) is 0.230. The van der Waals surface area contributed by atoms with Gasteiger partial charge in [-0.2, -0.15) is 0 Å². The molecule has 3 atom stereocenters. The van der Waals surface area contributed by atoms with E-state index in [2.05, 4.69) is 19.2 Å². The largest absolute Gasteiger partial charge is 0.372 e. The molecule has 0 aliphatic carbocycles. The molecule has 1 N–H and O–H groups in total. The van der Waals surface area contributed by atoms with E-state index in [0.29, 0.717) is 12.1 Å².